The Hall–Kier alpha value is -2.95. The Kier molecular flexibility index (Phi) is 2.35. The number of furan rings is 1. The van der Waals surface area contributed by atoms with Gasteiger partial charge in [0.2, 0.25) is 0 Å². The van der Waals surface area contributed by atoms with Crippen LogP contribution in [-0.4, -0.2) is 19.7 Å². The minimum Gasteiger partial charge on any atom is -0.463 e. The van der Waals surface area contributed by atoms with Crippen LogP contribution in [0.1, 0.15) is 0 Å². The fraction of sp³-hybridized carbons (Fsp3) is 0. The fourth-order valence-electron chi connectivity index (χ4n) is 2.26. The van der Waals surface area contributed by atoms with Crippen LogP contribution in [0, 0.1) is 0 Å². The second-order valence-electron chi connectivity index (χ2n) is 4.37. The maximum atomic E-state index is 5.44. The van der Waals surface area contributed by atoms with E-state index in [1.54, 1.807) is 18.8 Å². The van der Waals surface area contributed by atoms with Crippen molar-refractivity contribution in [2.75, 3.05) is 0 Å². The van der Waals surface area contributed by atoms with Gasteiger partial charge in [-0.2, -0.15) is 0 Å². The van der Waals surface area contributed by atoms with Crippen molar-refractivity contribution in [1.29, 1.82) is 0 Å². The van der Waals surface area contributed by atoms with Gasteiger partial charge in [-0.3, -0.25) is 4.57 Å². The number of benzene rings is 1. The van der Waals surface area contributed by atoms with E-state index in [4.69, 9.17) is 4.42 Å². The van der Waals surface area contributed by atoms with Gasteiger partial charge in [-0.25, -0.2) is 4.98 Å². The van der Waals surface area contributed by atoms with E-state index in [0.29, 0.717) is 5.76 Å². The molecule has 0 aliphatic heterocycles. The molecule has 0 atom stereocenters. The summed E-state index contributed by atoms with van der Waals surface area (Å²) in [5.41, 5.74) is 0.745. The first-order valence-corrected chi connectivity index (χ1v) is 6.21. The summed E-state index contributed by atoms with van der Waals surface area (Å²) in [5, 5.41) is 10.6. The average molecular weight is 262 g/mol. The molecule has 0 spiro atoms. The second-order valence-corrected chi connectivity index (χ2v) is 4.37. The molecule has 20 heavy (non-hydrogen) atoms. The van der Waals surface area contributed by atoms with Crippen LogP contribution < -0.4 is 0 Å². The molecule has 4 rings (SSSR count). The third-order valence-electron chi connectivity index (χ3n) is 3.17. The van der Waals surface area contributed by atoms with Gasteiger partial charge in [0, 0.05) is 23.2 Å². The minimum atomic E-state index is 0.714. The van der Waals surface area contributed by atoms with Crippen molar-refractivity contribution in [2.24, 2.45) is 0 Å². The van der Waals surface area contributed by atoms with Crippen LogP contribution in [0.3, 0.4) is 0 Å². The normalized spacial score (nSPS) is 11.0. The molecule has 3 aromatic heterocycles. The van der Waals surface area contributed by atoms with E-state index in [1.165, 1.54) is 0 Å². The van der Waals surface area contributed by atoms with Gasteiger partial charge in [0.1, 0.15) is 12.0 Å². The highest BCUT2D eigenvalue weighted by Crippen LogP contribution is 2.28. The predicted octanol–water partition coefficient (Wildman–Crippen LogP) is 3.08. The lowest BCUT2D eigenvalue weighted by molar-refractivity contribution is 0.579. The zero-order chi connectivity index (χ0) is 13.4. The molecule has 0 saturated heterocycles. The number of fused-ring (bicyclic) bond motifs is 1. The third-order valence-corrected chi connectivity index (χ3v) is 3.17. The van der Waals surface area contributed by atoms with Crippen molar-refractivity contribution in [3.63, 3.8) is 0 Å². The molecule has 0 aliphatic rings. The molecule has 0 fully saturated rings. The molecule has 0 N–H and O–H groups in total. The number of hydrogen-bond donors (Lipinski definition) is 0. The molecule has 0 aliphatic carbocycles. The quantitative estimate of drug-likeness (QED) is 0.557. The Balaban J connectivity index is 2.05. The Morgan fingerprint density at radius 2 is 1.85 bits per heavy atom. The molecule has 0 bridgehead atoms. The minimum absolute atomic E-state index is 0.714. The molecule has 3 heterocycles. The Morgan fingerprint density at radius 1 is 0.950 bits per heavy atom. The summed E-state index contributed by atoms with van der Waals surface area (Å²) in [6, 6.07) is 11.7. The van der Waals surface area contributed by atoms with Crippen molar-refractivity contribution in [3.05, 3.63) is 61.4 Å². The largest absolute Gasteiger partial charge is 0.463 e. The second kappa shape index (κ2) is 4.31. The number of nitrogens with zero attached hydrogens (tertiary/aromatic N) is 4. The van der Waals surface area contributed by atoms with Gasteiger partial charge in [-0.15, -0.1) is 10.2 Å². The van der Waals surface area contributed by atoms with Crippen molar-refractivity contribution in [2.45, 2.75) is 0 Å². The van der Waals surface area contributed by atoms with E-state index >= 15 is 0 Å². The van der Waals surface area contributed by atoms with Crippen LogP contribution >= 0.6 is 0 Å². The van der Waals surface area contributed by atoms with E-state index in [9.17, 15) is 0 Å². The van der Waals surface area contributed by atoms with Crippen LogP contribution in [-0.2, 0) is 0 Å². The van der Waals surface area contributed by atoms with E-state index in [2.05, 4.69) is 15.2 Å². The first-order valence-electron chi connectivity index (χ1n) is 6.21. The summed E-state index contributed by atoms with van der Waals surface area (Å²) in [7, 11) is 0. The molecule has 0 amide bonds. The molecule has 0 radical (unpaired) electrons. The molecular formula is C15H10N4O. The number of aromatic nitrogens is 4. The van der Waals surface area contributed by atoms with Gasteiger partial charge in [-0.05, 0) is 12.1 Å². The van der Waals surface area contributed by atoms with Crippen LogP contribution in [0.5, 0.6) is 0 Å². The smallest absolute Gasteiger partial charge is 0.168 e. The lowest BCUT2D eigenvalue weighted by Crippen LogP contribution is -2.00. The van der Waals surface area contributed by atoms with Crippen molar-refractivity contribution >= 4 is 10.8 Å². The number of hydrogen-bond acceptors (Lipinski definition) is 4. The average Bonchev–Trinajstić information content (AvgIpc) is 3.19. The highest BCUT2D eigenvalue weighted by Gasteiger charge is 2.13. The molecule has 4 aromatic rings. The molecular weight excluding hydrogens is 252 g/mol. The van der Waals surface area contributed by atoms with Gasteiger partial charge in [-0.1, -0.05) is 24.3 Å². The standard InChI is InChI=1S/C15H10N4O/c1-2-5-12-11(4-1)14(13-6-3-9-20-13)17-18-15(12)19-8-7-16-10-19/h1-10H. The molecule has 1 aromatic carbocycles. The van der Waals surface area contributed by atoms with E-state index in [1.807, 2.05) is 47.2 Å². The lowest BCUT2D eigenvalue weighted by Gasteiger charge is -2.07. The van der Waals surface area contributed by atoms with Gasteiger partial charge in [0.15, 0.2) is 11.6 Å². The Bertz CT molecular complexity index is 778. The zero-order valence-electron chi connectivity index (χ0n) is 10.5. The molecule has 96 valence electrons. The first-order chi connectivity index (χ1) is 9.93. The van der Waals surface area contributed by atoms with Crippen molar-refractivity contribution in [3.8, 4) is 17.3 Å². The summed E-state index contributed by atoms with van der Waals surface area (Å²) >= 11 is 0. The Labute approximate surface area is 114 Å². The maximum absolute atomic E-state index is 5.44. The van der Waals surface area contributed by atoms with Gasteiger partial charge < -0.3 is 4.42 Å². The topological polar surface area (TPSA) is 56.7 Å². The van der Waals surface area contributed by atoms with Crippen LogP contribution in [0.15, 0.2) is 65.8 Å². The summed E-state index contributed by atoms with van der Waals surface area (Å²) in [5.74, 6) is 1.47. The molecule has 5 heteroatoms. The van der Waals surface area contributed by atoms with Gasteiger partial charge in [0.25, 0.3) is 0 Å². The zero-order valence-corrected chi connectivity index (χ0v) is 10.5. The molecule has 0 unspecified atom stereocenters. The summed E-state index contributed by atoms with van der Waals surface area (Å²) < 4.78 is 7.29. The summed E-state index contributed by atoms with van der Waals surface area (Å²) in [4.78, 5) is 4.05. The van der Waals surface area contributed by atoms with Crippen molar-refractivity contribution < 1.29 is 4.42 Å². The highest BCUT2D eigenvalue weighted by atomic mass is 16.3. The Morgan fingerprint density at radius 3 is 2.60 bits per heavy atom. The van der Waals surface area contributed by atoms with Gasteiger partial charge in [0.05, 0.1) is 6.26 Å². The maximum Gasteiger partial charge on any atom is 0.168 e. The summed E-state index contributed by atoms with van der Waals surface area (Å²) in [6.07, 6.45) is 6.92. The number of imidazole rings is 1. The van der Waals surface area contributed by atoms with E-state index in [0.717, 1.165) is 22.3 Å². The first kappa shape index (κ1) is 10.9. The van der Waals surface area contributed by atoms with E-state index < -0.39 is 0 Å². The monoisotopic (exact) mass is 262 g/mol. The highest BCUT2D eigenvalue weighted by molar-refractivity contribution is 5.96. The van der Waals surface area contributed by atoms with Crippen LogP contribution in [0.25, 0.3) is 28.0 Å². The summed E-state index contributed by atoms with van der Waals surface area (Å²) in [6.45, 7) is 0. The van der Waals surface area contributed by atoms with Crippen LogP contribution in [0.4, 0.5) is 0 Å². The lowest BCUT2D eigenvalue weighted by atomic mass is 10.1. The van der Waals surface area contributed by atoms with Crippen LogP contribution in [0.2, 0.25) is 0 Å². The SMILES string of the molecule is c1coc(-c2nnc(-n3ccnc3)c3ccccc23)c1. The third kappa shape index (κ3) is 1.60. The number of rotatable bonds is 2. The van der Waals surface area contributed by atoms with Crippen molar-refractivity contribution in [1.82, 2.24) is 19.7 Å². The molecule has 5 nitrogen and oxygen atoms in total. The van der Waals surface area contributed by atoms with E-state index in [-0.39, 0.29) is 0 Å². The predicted molar refractivity (Wildman–Crippen MR) is 74.4 cm³/mol. The van der Waals surface area contributed by atoms with Gasteiger partial charge >= 0.3 is 0 Å². The molecule has 0 saturated carbocycles. The fourth-order valence-corrected chi connectivity index (χ4v) is 2.26.